The van der Waals surface area contributed by atoms with Gasteiger partial charge >= 0.3 is 6.18 Å². The Kier molecular flexibility index (Phi) is 11.1. The highest BCUT2D eigenvalue weighted by atomic mass is 35.5. The van der Waals surface area contributed by atoms with Crippen LogP contribution < -0.4 is 5.32 Å². The number of aryl methyl sites for hydroxylation is 1. The van der Waals surface area contributed by atoms with Gasteiger partial charge in [0.25, 0.3) is 0 Å². The predicted molar refractivity (Wildman–Crippen MR) is 208 cm³/mol. The summed E-state index contributed by atoms with van der Waals surface area (Å²) in [5.41, 5.74) is 0.498. The van der Waals surface area contributed by atoms with E-state index in [1.54, 1.807) is 10.9 Å². The lowest BCUT2D eigenvalue weighted by Gasteiger charge is -2.28. The fraction of sp³-hybridized carbons (Fsp3) is 0.649. The van der Waals surface area contributed by atoms with Crippen molar-refractivity contribution >= 4 is 57.6 Å². The molecule has 4 atom stereocenters. The quantitative estimate of drug-likeness (QED) is 0.0894. The second-order valence-electron chi connectivity index (χ2n) is 16.9. The molecule has 7 rings (SSSR count). The molecular formula is C37H51ClF3N7O5SSi. The van der Waals surface area contributed by atoms with Crippen LogP contribution >= 0.6 is 11.6 Å². The number of benzene rings is 1. The van der Waals surface area contributed by atoms with Crippen molar-refractivity contribution in [3.63, 3.8) is 0 Å². The molecule has 1 aliphatic heterocycles. The molecule has 2 saturated carbocycles. The number of hydrogen-bond acceptors (Lipinski definition) is 9. The largest absolute Gasteiger partial charge is 0.417 e. The maximum atomic E-state index is 13.7. The highest BCUT2D eigenvalue weighted by Gasteiger charge is 2.55. The number of hydrogen-bond donors (Lipinski definition) is 1. The first kappa shape index (κ1) is 40.4. The van der Waals surface area contributed by atoms with Crippen LogP contribution in [0.5, 0.6) is 0 Å². The lowest BCUT2D eigenvalue weighted by molar-refractivity contribution is -0.160. The van der Waals surface area contributed by atoms with E-state index in [1.165, 1.54) is 16.6 Å². The molecule has 4 heterocycles. The Hall–Kier alpha value is -2.80. The minimum Gasteiger partial charge on any atom is -0.367 e. The smallest absolute Gasteiger partial charge is 0.367 e. The van der Waals surface area contributed by atoms with Crippen LogP contribution in [0.1, 0.15) is 63.4 Å². The van der Waals surface area contributed by atoms with Crippen LogP contribution in [0.3, 0.4) is 0 Å². The summed E-state index contributed by atoms with van der Waals surface area (Å²) in [6.45, 7) is 11.6. The van der Waals surface area contributed by atoms with E-state index in [4.69, 9.17) is 25.8 Å². The number of fused-ring (bicyclic) bond motifs is 3. The zero-order valence-corrected chi connectivity index (χ0v) is 34.8. The monoisotopic (exact) mass is 825 g/mol. The highest BCUT2D eigenvalue weighted by Crippen LogP contribution is 2.48. The zero-order chi connectivity index (χ0) is 39.5. The van der Waals surface area contributed by atoms with E-state index < -0.39 is 40.6 Å². The Labute approximate surface area is 326 Å². The first-order valence-corrected chi connectivity index (χ1v) is 24.9. The van der Waals surface area contributed by atoms with E-state index >= 15 is 0 Å². The maximum Gasteiger partial charge on any atom is 0.417 e. The Morgan fingerprint density at radius 1 is 1.13 bits per heavy atom. The van der Waals surface area contributed by atoms with E-state index in [0.717, 1.165) is 41.8 Å². The highest BCUT2D eigenvalue weighted by molar-refractivity contribution is 7.88. The van der Waals surface area contributed by atoms with E-state index in [2.05, 4.69) is 44.5 Å². The molecule has 55 heavy (non-hydrogen) atoms. The number of nitrogens with zero attached hydrogens (tertiary/aromatic N) is 6. The van der Waals surface area contributed by atoms with Gasteiger partial charge in [-0.05, 0) is 70.2 Å². The summed E-state index contributed by atoms with van der Waals surface area (Å²) < 4.78 is 91.9. The SMILES string of the molecule is CC1(C)O[C@@H]2[C@@H](CN(CCCCc3nc4cc(C(F)(F)F)c(Cl)cc4n3COCC[Si](C)(C)C)S(C)(=O)=O)C[C@@H](n3ccc4c(NC5CC5)ncnc43)[C@@H]2O1. The summed E-state index contributed by atoms with van der Waals surface area (Å²) in [4.78, 5) is 13.7. The minimum atomic E-state index is -4.62. The van der Waals surface area contributed by atoms with Gasteiger partial charge in [-0.25, -0.2) is 27.7 Å². The molecule has 1 N–H and O–H groups in total. The third kappa shape index (κ3) is 9.18. The Balaban J connectivity index is 1.06. The number of anilines is 1. The fourth-order valence-corrected chi connectivity index (χ4v) is 9.73. The van der Waals surface area contributed by atoms with Gasteiger partial charge in [-0.15, -0.1) is 0 Å². The summed E-state index contributed by atoms with van der Waals surface area (Å²) in [6.07, 6.45) is 3.86. The van der Waals surface area contributed by atoms with Crippen molar-refractivity contribution in [1.82, 2.24) is 28.4 Å². The summed E-state index contributed by atoms with van der Waals surface area (Å²) in [6, 6.07) is 5.53. The third-order valence-corrected chi connectivity index (χ3v) is 14.0. The van der Waals surface area contributed by atoms with Crippen molar-refractivity contribution in [3.05, 3.63) is 47.1 Å². The van der Waals surface area contributed by atoms with Crippen LogP contribution in [0.4, 0.5) is 19.0 Å². The van der Waals surface area contributed by atoms with E-state index in [0.29, 0.717) is 49.7 Å². The second kappa shape index (κ2) is 15.2. The summed E-state index contributed by atoms with van der Waals surface area (Å²) >= 11 is 6.12. The van der Waals surface area contributed by atoms with Crippen LogP contribution in [-0.4, -0.2) is 94.9 Å². The standard InChI is InChI=1S/C37H51ClF3N7O5SSi/c1-36(2)52-32-23(17-30(33(32)53-36)47-14-12-25-34(44-24-10-11-24)42-21-43-35(25)47)20-46(54(3,49)50)13-8-7-9-31-45-28-18-26(37(39,40)41)27(38)19-29(28)48(31)22-51-15-16-55(4,5)6/h12,14,18-19,21,23-24,30,32-33H,7-11,13,15-17,20,22H2,1-6H3,(H,42,43,44)/t23-,30-,32-,33+/m1/s1. The lowest BCUT2D eigenvalue weighted by atomic mass is 10.1. The van der Waals surface area contributed by atoms with Crippen LogP contribution in [-0.2, 0) is 43.6 Å². The number of halogens is 4. The van der Waals surface area contributed by atoms with Crippen molar-refractivity contribution in [1.29, 1.82) is 0 Å². The maximum absolute atomic E-state index is 13.7. The second-order valence-corrected chi connectivity index (χ2v) is 24.9. The third-order valence-electron chi connectivity index (χ3n) is 10.7. The van der Waals surface area contributed by atoms with Gasteiger partial charge in [-0.3, -0.25) is 0 Å². The van der Waals surface area contributed by atoms with Crippen molar-refractivity contribution < 1.29 is 35.8 Å². The van der Waals surface area contributed by atoms with Gasteiger partial charge in [0.1, 0.15) is 36.5 Å². The number of ether oxygens (including phenoxy) is 3. The van der Waals surface area contributed by atoms with E-state index in [9.17, 15) is 21.6 Å². The van der Waals surface area contributed by atoms with Crippen LogP contribution in [0.15, 0.2) is 30.7 Å². The van der Waals surface area contributed by atoms with Crippen LogP contribution in [0.25, 0.3) is 22.1 Å². The van der Waals surface area contributed by atoms with Gasteiger partial charge in [0.05, 0.1) is 45.4 Å². The molecule has 18 heteroatoms. The Bertz CT molecular complexity index is 2140. The number of unbranched alkanes of at least 4 members (excludes halogenated alkanes) is 1. The number of alkyl halides is 3. The fourth-order valence-electron chi connectivity index (χ4n) is 7.79. The normalized spacial score (nSPS) is 23.0. The molecule has 0 spiro atoms. The Morgan fingerprint density at radius 2 is 1.87 bits per heavy atom. The van der Waals surface area contributed by atoms with Crippen molar-refractivity contribution in [2.45, 2.75) is 121 Å². The lowest BCUT2D eigenvalue weighted by Crippen LogP contribution is -2.39. The molecule has 3 fully saturated rings. The van der Waals surface area contributed by atoms with Gasteiger partial charge in [-0.1, -0.05) is 31.2 Å². The molecule has 302 valence electrons. The number of nitrogens with one attached hydrogen (secondary N) is 1. The summed E-state index contributed by atoms with van der Waals surface area (Å²) in [7, 11) is -4.98. The topological polar surface area (TPSA) is 126 Å². The molecule has 0 bridgehead atoms. The van der Waals surface area contributed by atoms with Crippen molar-refractivity contribution in [2.75, 3.05) is 31.3 Å². The number of imidazole rings is 1. The van der Waals surface area contributed by atoms with Crippen LogP contribution in [0.2, 0.25) is 30.7 Å². The molecule has 2 aliphatic carbocycles. The first-order chi connectivity index (χ1) is 25.8. The van der Waals surface area contributed by atoms with Gasteiger partial charge in [0, 0.05) is 52.3 Å². The van der Waals surface area contributed by atoms with Gasteiger partial charge < -0.3 is 28.7 Å². The Morgan fingerprint density at radius 3 is 2.56 bits per heavy atom. The van der Waals surface area contributed by atoms with E-state index in [1.807, 2.05) is 26.1 Å². The molecule has 1 aromatic carbocycles. The molecule has 12 nitrogen and oxygen atoms in total. The number of aromatic nitrogens is 5. The molecule has 1 saturated heterocycles. The predicted octanol–water partition coefficient (Wildman–Crippen LogP) is 7.71. The van der Waals surface area contributed by atoms with E-state index in [-0.39, 0.29) is 49.5 Å². The molecule has 0 amide bonds. The minimum absolute atomic E-state index is 0.123. The summed E-state index contributed by atoms with van der Waals surface area (Å²) in [5, 5.41) is 4.03. The molecule has 3 aliphatic rings. The number of rotatable bonds is 16. The average molecular weight is 826 g/mol. The van der Waals surface area contributed by atoms with Gasteiger partial charge in [-0.2, -0.15) is 13.2 Å². The van der Waals surface area contributed by atoms with Crippen LogP contribution in [0, 0.1) is 5.92 Å². The number of sulfonamides is 1. The average Bonchev–Trinajstić information content (AvgIpc) is 3.38. The van der Waals surface area contributed by atoms with Gasteiger partial charge in [0.2, 0.25) is 10.0 Å². The van der Waals surface area contributed by atoms with Gasteiger partial charge in [0.15, 0.2) is 5.79 Å². The molecule has 4 aromatic rings. The summed E-state index contributed by atoms with van der Waals surface area (Å²) in [5.74, 6) is 0.375. The van der Waals surface area contributed by atoms with Crippen molar-refractivity contribution in [3.8, 4) is 0 Å². The van der Waals surface area contributed by atoms with Crippen molar-refractivity contribution in [2.24, 2.45) is 5.92 Å². The zero-order valence-electron chi connectivity index (χ0n) is 32.2. The molecular weight excluding hydrogens is 775 g/mol. The molecule has 3 aromatic heterocycles. The molecule has 0 unspecified atom stereocenters. The first-order valence-electron chi connectivity index (χ1n) is 19.0. The molecule has 0 radical (unpaired) electrons.